The van der Waals surface area contributed by atoms with Crippen molar-refractivity contribution in [1.82, 2.24) is 0 Å². The molecule has 2 atom stereocenters. The summed E-state index contributed by atoms with van der Waals surface area (Å²) >= 11 is 0. The van der Waals surface area contributed by atoms with Crippen LogP contribution in [-0.4, -0.2) is 0 Å². The molecule has 2 unspecified atom stereocenters. The molecule has 0 aliphatic heterocycles. The van der Waals surface area contributed by atoms with Crippen LogP contribution in [0.15, 0.2) is 0 Å². The minimum atomic E-state index is 0.721. The Labute approximate surface area is 94.8 Å². The normalized spacial score (nSPS) is 47.6. The molecule has 0 heteroatoms. The average Bonchev–Trinajstić information content (AvgIpc) is 2.86. The van der Waals surface area contributed by atoms with Gasteiger partial charge < -0.3 is 0 Å². The highest BCUT2D eigenvalue weighted by Crippen LogP contribution is 2.72. The van der Waals surface area contributed by atoms with E-state index in [0.717, 1.165) is 16.2 Å². The van der Waals surface area contributed by atoms with E-state index in [1.165, 1.54) is 25.7 Å². The van der Waals surface area contributed by atoms with Gasteiger partial charge in [-0.05, 0) is 61.2 Å². The molecule has 3 aliphatic carbocycles. The molecule has 0 radical (unpaired) electrons. The molecule has 3 fully saturated rings. The summed E-state index contributed by atoms with van der Waals surface area (Å²) in [7, 11) is 0. The molecule has 3 aliphatic rings. The summed E-state index contributed by atoms with van der Waals surface area (Å²) in [6.45, 7) is 4.99. The number of rotatable bonds is 1. The highest BCUT2D eigenvalue weighted by molar-refractivity contribution is 5.11. The zero-order valence-corrected chi connectivity index (χ0v) is 10.6. The van der Waals surface area contributed by atoms with Crippen LogP contribution < -0.4 is 0 Å². The number of hydrogen-bond donors (Lipinski definition) is 0. The molecular formula is C15H26. The smallest absolute Gasteiger partial charge is 0.0238 e. The Morgan fingerprint density at radius 1 is 0.867 bits per heavy atom. The van der Waals surface area contributed by atoms with Gasteiger partial charge in [0.1, 0.15) is 0 Å². The molecule has 0 nitrogen and oxygen atoms in total. The highest BCUT2D eigenvalue weighted by atomic mass is 14.7. The molecule has 0 aromatic carbocycles. The lowest BCUT2D eigenvalue weighted by atomic mass is 9.47. The topological polar surface area (TPSA) is 0 Å². The molecule has 0 saturated heterocycles. The molecule has 0 heterocycles. The SMILES string of the molecule is CCC1(C)CCC12CCC1(CCCC1)C2. The Bertz CT molecular complexity index is 257. The highest BCUT2D eigenvalue weighted by Gasteiger charge is 2.61. The van der Waals surface area contributed by atoms with Crippen molar-refractivity contribution in [2.24, 2.45) is 16.2 Å². The quantitative estimate of drug-likeness (QED) is 0.571. The predicted molar refractivity (Wildman–Crippen MR) is 64.8 cm³/mol. The first kappa shape index (κ1) is 10.2. The molecule has 0 aromatic rings. The van der Waals surface area contributed by atoms with Crippen molar-refractivity contribution in [2.75, 3.05) is 0 Å². The Balaban J connectivity index is 1.80. The van der Waals surface area contributed by atoms with Crippen molar-refractivity contribution in [3.63, 3.8) is 0 Å². The first-order valence-corrected chi connectivity index (χ1v) is 7.14. The van der Waals surface area contributed by atoms with Crippen molar-refractivity contribution in [2.45, 2.75) is 78.1 Å². The van der Waals surface area contributed by atoms with E-state index >= 15 is 0 Å². The Kier molecular flexibility index (Phi) is 2.05. The van der Waals surface area contributed by atoms with Gasteiger partial charge in [0.05, 0.1) is 0 Å². The van der Waals surface area contributed by atoms with Crippen LogP contribution in [0.2, 0.25) is 0 Å². The lowest BCUT2D eigenvalue weighted by molar-refractivity contribution is -0.0727. The molecule has 0 bridgehead atoms. The van der Waals surface area contributed by atoms with Gasteiger partial charge in [-0.1, -0.05) is 33.1 Å². The summed E-state index contributed by atoms with van der Waals surface area (Å²) in [5.74, 6) is 0. The first-order chi connectivity index (χ1) is 7.14. The third-order valence-corrected chi connectivity index (χ3v) is 6.73. The van der Waals surface area contributed by atoms with Crippen LogP contribution in [0.5, 0.6) is 0 Å². The van der Waals surface area contributed by atoms with E-state index < -0.39 is 0 Å². The van der Waals surface area contributed by atoms with Gasteiger partial charge in [0.25, 0.3) is 0 Å². The molecule has 3 rings (SSSR count). The maximum Gasteiger partial charge on any atom is -0.0238 e. The van der Waals surface area contributed by atoms with E-state index in [2.05, 4.69) is 13.8 Å². The van der Waals surface area contributed by atoms with Crippen LogP contribution in [0.3, 0.4) is 0 Å². The Morgan fingerprint density at radius 3 is 2.07 bits per heavy atom. The van der Waals surface area contributed by atoms with Gasteiger partial charge in [0.2, 0.25) is 0 Å². The van der Waals surface area contributed by atoms with E-state index in [4.69, 9.17) is 0 Å². The van der Waals surface area contributed by atoms with Crippen molar-refractivity contribution >= 4 is 0 Å². The third kappa shape index (κ3) is 1.20. The van der Waals surface area contributed by atoms with Gasteiger partial charge in [0.15, 0.2) is 0 Å². The summed E-state index contributed by atoms with van der Waals surface area (Å²) in [6.07, 6.45) is 15.4. The molecule has 86 valence electrons. The second-order valence-corrected chi connectivity index (χ2v) is 7.08. The Morgan fingerprint density at radius 2 is 1.53 bits per heavy atom. The fourth-order valence-corrected chi connectivity index (χ4v) is 5.14. The number of hydrogen-bond acceptors (Lipinski definition) is 0. The largest absolute Gasteiger partial charge is 0.0648 e. The maximum atomic E-state index is 2.57. The molecule has 0 N–H and O–H groups in total. The van der Waals surface area contributed by atoms with Crippen molar-refractivity contribution < 1.29 is 0 Å². The Hall–Kier alpha value is 0. The standard InChI is InChI=1S/C15H26/c1-3-13(2)8-10-15(13)11-9-14(12-15)6-4-5-7-14/h3-12H2,1-2H3. The summed E-state index contributed by atoms with van der Waals surface area (Å²) in [5, 5.41) is 0. The molecule has 0 aromatic heterocycles. The second kappa shape index (κ2) is 3.02. The fraction of sp³-hybridized carbons (Fsp3) is 1.00. The molecule has 2 spiro atoms. The van der Waals surface area contributed by atoms with Crippen LogP contribution in [0.25, 0.3) is 0 Å². The van der Waals surface area contributed by atoms with E-state index in [1.807, 2.05) is 0 Å². The summed E-state index contributed by atoms with van der Waals surface area (Å²) in [4.78, 5) is 0. The van der Waals surface area contributed by atoms with E-state index in [9.17, 15) is 0 Å². The van der Waals surface area contributed by atoms with Crippen LogP contribution in [0.4, 0.5) is 0 Å². The molecular weight excluding hydrogens is 180 g/mol. The zero-order valence-electron chi connectivity index (χ0n) is 10.6. The molecule has 3 saturated carbocycles. The summed E-state index contributed by atoms with van der Waals surface area (Å²) in [6, 6.07) is 0. The van der Waals surface area contributed by atoms with Crippen LogP contribution >= 0.6 is 0 Å². The molecule has 0 amide bonds. The minimum Gasteiger partial charge on any atom is -0.0648 e. The van der Waals surface area contributed by atoms with Crippen molar-refractivity contribution in [3.05, 3.63) is 0 Å². The van der Waals surface area contributed by atoms with Gasteiger partial charge >= 0.3 is 0 Å². The monoisotopic (exact) mass is 206 g/mol. The second-order valence-electron chi connectivity index (χ2n) is 7.08. The van der Waals surface area contributed by atoms with Crippen LogP contribution in [0.1, 0.15) is 78.1 Å². The lowest BCUT2D eigenvalue weighted by Gasteiger charge is -2.57. The first-order valence-electron chi connectivity index (χ1n) is 7.14. The summed E-state index contributed by atoms with van der Waals surface area (Å²) in [5.41, 5.74) is 2.35. The van der Waals surface area contributed by atoms with Gasteiger partial charge in [0, 0.05) is 0 Å². The van der Waals surface area contributed by atoms with Crippen molar-refractivity contribution in [3.8, 4) is 0 Å². The maximum absolute atomic E-state index is 2.57. The fourth-order valence-electron chi connectivity index (χ4n) is 5.14. The van der Waals surface area contributed by atoms with Gasteiger partial charge in [-0.3, -0.25) is 0 Å². The minimum absolute atomic E-state index is 0.721. The summed E-state index contributed by atoms with van der Waals surface area (Å²) < 4.78 is 0. The van der Waals surface area contributed by atoms with Crippen LogP contribution in [0, 0.1) is 16.2 Å². The molecule has 15 heavy (non-hydrogen) atoms. The van der Waals surface area contributed by atoms with Gasteiger partial charge in [-0.25, -0.2) is 0 Å². The average molecular weight is 206 g/mol. The van der Waals surface area contributed by atoms with Gasteiger partial charge in [-0.15, -0.1) is 0 Å². The zero-order chi connectivity index (χ0) is 10.6. The van der Waals surface area contributed by atoms with Gasteiger partial charge in [-0.2, -0.15) is 0 Å². The van der Waals surface area contributed by atoms with E-state index in [0.29, 0.717) is 0 Å². The van der Waals surface area contributed by atoms with E-state index in [1.54, 1.807) is 38.5 Å². The third-order valence-electron chi connectivity index (χ3n) is 6.73. The van der Waals surface area contributed by atoms with Crippen LogP contribution in [-0.2, 0) is 0 Å². The predicted octanol–water partition coefficient (Wildman–Crippen LogP) is 4.93. The lowest BCUT2D eigenvalue weighted by Crippen LogP contribution is -2.47. The van der Waals surface area contributed by atoms with E-state index in [-0.39, 0.29) is 0 Å². The van der Waals surface area contributed by atoms with Crippen molar-refractivity contribution in [1.29, 1.82) is 0 Å².